The van der Waals surface area contributed by atoms with E-state index >= 15 is 0 Å². The number of aryl methyl sites for hydroxylation is 1. The maximum Gasteiger partial charge on any atom is 0.206 e. The van der Waals surface area contributed by atoms with Crippen molar-refractivity contribution in [1.82, 2.24) is 9.78 Å². The summed E-state index contributed by atoms with van der Waals surface area (Å²) in [5.41, 5.74) is 2.99. The summed E-state index contributed by atoms with van der Waals surface area (Å²) in [6.45, 7) is 1.98. The highest BCUT2D eigenvalue weighted by Crippen LogP contribution is 2.27. The molecule has 0 amide bonds. The topological polar surface area (TPSA) is 52.0 Å². The Morgan fingerprint density at radius 3 is 1.96 bits per heavy atom. The van der Waals surface area contributed by atoms with Gasteiger partial charge in [-0.3, -0.25) is 4.68 Å². The summed E-state index contributed by atoms with van der Waals surface area (Å²) in [6, 6.07) is 13.5. The third-order valence-electron chi connectivity index (χ3n) is 3.83. The summed E-state index contributed by atoms with van der Waals surface area (Å²) >= 11 is 3.31. The van der Waals surface area contributed by atoms with Crippen molar-refractivity contribution >= 4 is 25.8 Å². The van der Waals surface area contributed by atoms with Gasteiger partial charge in [-0.2, -0.15) is 5.10 Å². The minimum atomic E-state index is -3.50. The van der Waals surface area contributed by atoms with E-state index in [1.165, 1.54) is 0 Å². The summed E-state index contributed by atoms with van der Waals surface area (Å²) < 4.78 is 27.9. The van der Waals surface area contributed by atoms with Crippen molar-refractivity contribution in [3.63, 3.8) is 0 Å². The minimum Gasteiger partial charge on any atom is -0.272 e. The molecule has 0 aliphatic carbocycles. The predicted molar refractivity (Wildman–Crippen MR) is 93.0 cm³/mol. The van der Waals surface area contributed by atoms with Crippen molar-refractivity contribution < 1.29 is 8.42 Å². The van der Waals surface area contributed by atoms with Gasteiger partial charge in [-0.25, -0.2) is 8.42 Å². The third kappa shape index (κ3) is 2.96. The van der Waals surface area contributed by atoms with Gasteiger partial charge in [0, 0.05) is 22.8 Å². The molecule has 0 aliphatic heterocycles. The first-order valence-corrected chi connectivity index (χ1v) is 9.27. The summed E-state index contributed by atoms with van der Waals surface area (Å²) in [4.78, 5) is 0.566. The fraction of sp³-hybridized carbons (Fsp3) is 0.118. The van der Waals surface area contributed by atoms with Crippen LogP contribution >= 0.6 is 15.9 Å². The van der Waals surface area contributed by atoms with Gasteiger partial charge in [-0.05, 0) is 48.9 Å². The maximum absolute atomic E-state index is 12.6. The van der Waals surface area contributed by atoms with Gasteiger partial charge in [0.05, 0.1) is 16.0 Å². The average molecular weight is 391 g/mol. The van der Waals surface area contributed by atoms with Gasteiger partial charge in [-0.15, -0.1) is 0 Å². The normalized spacial score (nSPS) is 11.6. The van der Waals surface area contributed by atoms with Gasteiger partial charge in [0.1, 0.15) is 0 Å². The van der Waals surface area contributed by atoms with Gasteiger partial charge in [0.15, 0.2) is 0 Å². The fourth-order valence-electron chi connectivity index (χ4n) is 2.35. The van der Waals surface area contributed by atoms with Crippen molar-refractivity contribution in [1.29, 1.82) is 0 Å². The lowest BCUT2D eigenvalue weighted by atomic mass is 10.1. The van der Waals surface area contributed by atoms with Gasteiger partial charge in [-0.1, -0.05) is 28.1 Å². The van der Waals surface area contributed by atoms with Crippen LogP contribution in [0.4, 0.5) is 0 Å². The zero-order chi connectivity index (χ0) is 16.6. The van der Waals surface area contributed by atoms with Crippen LogP contribution in [0, 0.1) is 6.92 Å². The molecule has 0 fully saturated rings. The highest BCUT2D eigenvalue weighted by Gasteiger charge is 2.17. The monoisotopic (exact) mass is 390 g/mol. The molecule has 23 heavy (non-hydrogen) atoms. The standard InChI is InChI=1S/C17H15BrN2O2S/c1-12-17(11-19-20(12)2)13-3-7-15(8-4-13)23(21,22)16-9-5-14(18)6-10-16/h3-11H,1-2H3. The van der Waals surface area contributed by atoms with Crippen molar-refractivity contribution in [2.75, 3.05) is 0 Å². The predicted octanol–water partition coefficient (Wildman–Crippen LogP) is 3.99. The molecule has 1 heterocycles. The van der Waals surface area contributed by atoms with Crippen LogP contribution in [-0.2, 0) is 16.9 Å². The van der Waals surface area contributed by atoms with E-state index in [0.717, 1.165) is 21.3 Å². The van der Waals surface area contributed by atoms with Crippen LogP contribution in [-0.4, -0.2) is 18.2 Å². The van der Waals surface area contributed by atoms with Crippen molar-refractivity contribution in [3.8, 4) is 11.1 Å². The molecular weight excluding hydrogens is 376 g/mol. The molecular formula is C17H15BrN2O2S. The Labute approximate surface area is 143 Å². The molecule has 2 aromatic carbocycles. The number of aromatic nitrogens is 2. The Balaban J connectivity index is 1.99. The van der Waals surface area contributed by atoms with Crippen molar-refractivity contribution in [2.24, 2.45) is 7.05 Å². The Morgan fingerprint density at radius 2 is 1.48 bits per heavy atom. The molecule has 1 aromatic heterocycles. The van der Waals surface area contributed by atoms with E-state index < -0.39 is 9.84 Å². The second-order valence-corrected chi connectivity index (χ2v) is 8.11. The van der Waals surface area contributed by atoms with Crippen LogP contribution in [0.25, 0.3) is 11.1 Å². The highest BCUT2D eigenvalue weighted by atomic mass is 79.9. The molecule has 4 nitrogen and oxygen atoms in total. The molecule has 0 atom stereocenters. The number of hydrogen-bond donors (Lipinski definition) is 0. The van der Waals surface area contributed by atoms with Gasteiger partial charge < -0.3 is 0 Å². The Bertz CT molecular complexity index is 943. The Hall–Kier alpha value is -1.92. The van der Waals surface area contributed by atoms with Crippen LogP contribution in [0.2, 0.25) is 0 Å². The molecule has 3 aromatic rings. The molecule has 0 bridgehead atoms. The molecule has 3 rings (SSSR count). The first kappa shape index (κ1) is 16.0. The number of benzene rings is 2. The Kier molecular flexibility index (Phi) is 4.12. The van der Waals surface area contributed by atoms with Crippen molar-refractivity contribution in [3.05, 3.63) is 64.9 Å². The van der Waals surface area contributed by atoms with Crippen LogP contribution in [0.3, 0.4) is 0 Å². The first-order chi connectivity index (χ1) is 10.9. The van der Waals surface area contributed by atoms with E-state index in [-0.39, 0.29) is 9.79 Å². The van der Waals surface area contributed by atoms with Crippen LogP contribution < -0.4 is 0 Å². The number of rotatable bonds is 3. The minimum absolute atomic E-state index is 0.283. The molecule has 0 saturated carbocycles. The van der Waals surface area contributed by atoms with Gasteiger partial charge in [0.2, 0.25) is 9.84 Å². The zero-order valence-corrected chi connectivity index (χ0v) is 15.1. The highest BCUT2D eigenvalue weighted by molar-refractivity contribution is 9.10. The van der Waals surface area contributed by atoms with E-state index in [1.54, 1.807) is 47.3 Å². The van der Waals surface area contributed by atoms with E-state index in [4.69, 9.17) is 0 Å². The second kappa shape index (κ2) is 5.94. The van der Waals surface area contributed by atoms with Gasteiger partial charge >= 0.3 is 0 Å². The lowest BCUT2D eigenvalue weighted by molar-refractivity contribution is 0.596. The lowest BCUT2D eigenvalue weighted by Crippen LogP contribution is -2.01. The maximum atomic E-state index is 12.6. The van der Waals surface area contributed by atoms with E-state index in [0.29, 0.717) is 0 Å². The van der Waals surface area contributed by atoms with Gasteiger partial charge in [0.25, 0.3) is 0 Å². The number of halogens is 1. The molecule has 0 spiro atoms. The fourth-order valence-corrected chi connectivity index (χ4v) is 3.87. The summed E-state index contributed by atoms with van der Waals surface area (Å²) in [5.74, 6) is 0. The molecule has 0 N–H and O–H groups in total. The summed E-state index contributed by atoms with van der Waals surface area (Å²) in [5, 5.41) is 4.21. The average Bonchev–Trinajstić information content (AvgIpc) is 2.87. The SMILES string of the molecule is Cc1c(-c2ccc(S(=O)(=O)c3ccc(Br)cc3)cc2)cnn1C. The van der Waals surface area contributed by atoms with Crippen molar-refractivity contribution in [2.45, 2.75) is 16.7 Å². The molecule has 0 radical (unpaired) electrons. The van der Waals surface area contributed by atoms with Crippen LogP contribution in [0.15, 0.2) is 69.0 Å². The van der Waals surface area contributed by atoms with E-state index in [1.807, 2.05) is 26.1 Å². The molecule has 0 saturated heterocycles. The van der Waals surface area contributed by atoms with Crippen LogP contribution in [0.1, 0.15) is 5.69 Å². The first-order valence-electron chi connectivity index (χ1n) is 6.99. The Morgan fingerprint density at radius 1 is 0.957 bits per heavy atom. The summed E-state index contributed by atoms with van der Waals surface area (Å²) in [7, 11) is -1.62. The second-order valence-electron chi connectivity index (χ2n) is 5.25. The molecule has 6 heteroatoms. The lowest BCUT2D eigenvalue weighted by Gasteiger charge is -2.06. The van der Waals surface area contributed by atoms with E-state index in [9.17, 15) is 8.42 Å². The third-order valence-corrected chi connectivity index (χ3v) is 6.15. The zero-order valence-electron chi connectivity index (χ0n) is 12.7. The largest absolute Gasteiger partial charge is 0.272 e. The summed E-state index contributed by atoms with van der Waals surface area (Å²) in [6.07, 6.45) is 1.79. The smallest absolute Gasteiger partial charge is 0.206 e. The molecule has 0 aliphatic rings. The quantitative estimate of drug-likeness (QED) is 0.679. The number of hydrogen-bond acceptors (Lipinski definition) is 3. The number of nitrogens with zero attached hydrogens (tertiary/aromatic N) is 2. The van der Waals surface area contributed by atoms with Crippen LogP contribution in [0.5, 0.6) is 0 Å². The number of sulfone groups is 1. The van der Waals surface area contributed by atoms with E-state index in [2.05, 4.69) is 21.0 Å². The molecule has 0 unspecified atom stereocenters. The molecule has 118 valence electrons.